The Hall–Kier alpha value is -0.790. The molecule has 0 unspecified atom stereocenters. The predicted octanol–water partition coefficient (Wildman–Crippen LogP) is 1.98. The zero-order valence-corrected chi connectivity index (χ0v) is 13.4. The Balaban J connectivity index is 0.00000162. The molecule has 0 aliphatic heterocycles. The quantitative estimate of drug-likeness (QED) is 0.487. The lowest BCUT2D eigenvalue weighted by atomic mass is 10.4. The topological polar surface area (TPSA) is 62.5 Å². The summed E-state index contributed by atoms with van der Waals surface area (Å²) in [5, 5.41) is 6.48. The number of rotatable bonds is 4. The van der Waals surface area contributed by atoms with Crippen LogP contribution in [-0.4, -0.2) is 24.5 Å². The molecule has 1 heterocycles. The van der Waals surface area contributed by atoms with Crippen molar-refractivity contribution in [2.45, 2.75) is 33.2 Å². The first-order chi connectivity index (χ1) is 8.19. The number of nitrogens with zero attached hydrogens (tertiary/aromatic N) is 2. The molecule has 1 aliphatic rings. The highest BCUT2D eigenvalue weighted by atomic mass is 127. The fourth-order valence-corrected chi connectivity index (χ4v) is 1.56. The summed E-state index contributed by atoms with van der Waals surface area (Å²) in [5.74, 6) is 3.22. The number of aryl methyl sites for hydroxylation is 2. The molecule has 0 saturated heterocycles. The lowest BCUT2D eigenvalue weighted by Crippen LogP contribution is -2.37. The molecule has 6 heteroatoms. The van der Waals surface area contributed by atoms with Gasteiger partial charge in [0.2, 0.25) is 5.89 Å². The monoisotopic (exact) mass is 364 g/mol. The van der Waals surface area contributed by atoms with Gasteiger partial charge < -0.3 is 15.1 Å². The Kier molecular flexibility index (Phi) is 5.90. The maximum Gasteiger partial charge on any atom is 0.214 e. The number of guanidine groups is 1. The van der Waals surface area contributed by atoms with Crippen LogP contribution in [0.5, 0.6) is 0 Å². The van der Waals surface area contributed by atoms with Crippen molar-refractivity contribution in [2.75, 3.05) is 13.6 Å². The molecule has 5 nitrogen and oxygen atoms in total. The van der Waals surface area contributed by atoms with Crippen molar-refractivity contribution in [3.63, 3.8) is 0 Å². The van der Waals surface area contributed by atoms with Gasteiger partial charge in [0.25, 0.3) is 0 Å². The van der Waals surface area contributed by atoms with E-state index in [2.05, 4.69) is 20.6 Å². The summed E-state index contributed by atoms with van der Waals surface area (Å²) in [6.45, 7) is 5.44. The molecule has 0 radical (unpaired) electrons. The van der Waals surface area contributed by atoms with E-state index in [0.717, 1.165) is 29.9 Å². The van der Waals surface area contributed by atoms with Gasteiger partial charge in [-0.15, -0.1) is 24.0 Å². The third-order valence-electron chi connectivity index (χ3n) is 2.96. The number of hydrogen-bond donors (Lipinski definition) is 2. The van der Waals surface area contributed by atoms with Crippen molar-refractivity contribution < 1.29 is 4.42 Å². The van der Waals surface area contributed by atoms with Crippen LogP contribution in [0.4, 0.5) is 0 Å². The highest BCUT2D eigenvalue weighted by Gasteiger charge is 2.21. The molecule has 1 aliphatic carbocycles. The molecule has 18 heavy (non-hydrogen) atoms. The minimum absolute atomic E-state index is 0. The van der Waals surface area contributed by atoms with E-state index in [1.54, 1.807) is 7.05 Å². The highest BCUT2D eigenvalue weighted by Crippen LogP contribution is 2.27. The summed E-state index contributed by atoms with van der Waals surface area (Å²) in [6.07, 6.45) is 2.67. The molecule has 2 N–H and O–H groups in total. The summed E-state index contributed by atoms with van der Waals surface area (Å²) < 4.78 is 5.49. The Labute approximate surface area is 125 Å². The van der Waals surface area contributed by atoms with Gasteiger partial charge in [-0.3, -0.25) is 4.99 Å². The summed E-state index contributed by atoms with van der Waals surface area (Å²) in [7, 11) is 1.77. The highest BCUT2D eigenvalue weighted by molar-refractivity contribution is 14.0. The second-order valence-corrected chi connectivity index (χ2v) is 4.50. The lowest BCUT2D eigenvalue weighted by molar-refractivity contribution is 0.463. The maximum atomic E-state index is 5.49. The number of hydrogen-bond acceptors (Lipinski definition) is 3. The first-order valence-corrected chi connectivity index (χ1v) is 6.06. The van der Waals surface area contributed by atoms with E-state index in [4.69, 9.17) is 4.42 Å². The molecule has 1 fully saturated rings. The Morgan fingerprint density at radius 1 is 1.39 bits per heavy atom. The third-order valence-corrected chi connectivity index (χ3v) is 2.96. The van der Waals surface area contributed by atoms with E-state index in [1.807, 2.05) is 13.8 Å². The van der Waals surface area contributed by atoms with E-state index in [-0.39, 0.29) is 24.0 Å². The van der Waals surface area contributed by atoms with E-state index in [0.29, 0.717) is 12.4 Å². The molecule has 0 atom stereocenters. The normalized spacial score (nSPS) is 15.2. The zero-order valence-electron chi connectivity index (χ0n) is 11.1. The lowest BCUT2D eigenvalue weighted by Gasteiger charge is -2.09. The van der Waals surface area contributed by atoms with Crippen LogP contribution >= 0.6 is 24.0 Å². The predicted molar refractivity (Wildman–Crippen MR) is 82.3 cm³/mol. The average molecular weight is 364 g/mol. The maximum absolute atomic E-state index is 5.49. The van der Waals surface area contributed by atoms with Gasteiger partial charge in [0, 0.05) is 13.6 Å². The largest absolute Gasteiger partial charge is 0.444 e. The first-order valence-electron chi connectivity index (χ1n) is 6.06. The van der Waals surface area contributed by atoms with Gasteiger partial charge in [-0.25, -0.2) is 4.98 Å². The molecular weight excluding hydrogens is 343 g/mol. The van der Waals surface area contributed by atoms with Crippen LogP contribution in [0.25, 0.3) is 0 Å². The molecule has 0 aromatic carbocycles. The van der Waals surface area contributed by atoms with E-state index in [1.165, 1.54) is 12.8 Å². The van der Waals surface area contributed by atoms with Crippen molar-refractivity contribution >= 4 is 29.9 Å². The second-order valence-electron chi connectivity index (χ2n) is 4.50. The minimum Gasteiger partial charge on any atom is -0.444 e. The third kappa shape index (κ3) is 4.47. The van der Waals surface area contributed by atoms with Gasteiger partial charge in [-0.2, -0.15) is 0 Å². The standard InChI is InChI=1S/C12H20N4O.HI/c1-8-9(2)17-11(16-8)7-15-12(13-3)14-6-10-4-5-10;/h10H,4-7H2,1-3H3,(H2,13,14,15);1H. The molecular formula is C12H21IN4O. The minimum atomic E-state index is 0. The van der Waals surface area contributed by atoms with Crippen LogP contribution in [0, 0.1) is 19.8 Å². The van der Waals surface area contributed by atoms with Crippen molar-refractivity contribution in [2.24, 2.45) is 10.9 Å². The van der Waals surface area contributed by atoms with Crippen molar-refractivity contribution in [3.8, 4) is 0 Å². The molecule has 0 spiro atoms. The summed E-state index contributed by atoms with van der Waals surface area (Å²) in [4.78, 5) is 8.47. The molecule has 1 saturated carbocycles. The zero-order chi connectivity index (χ0) is 12.3. The van der Waals surface area contributed by atoms with Gasteiger partial charge >= 0.3 is 0 Å². The summed E-state index contributed by atoms with van der Waals surface area (Å²) in [5.41, 5.74) is 0.947. The number of nitrogens with one attached hydrogen (secondary N) is 2. The van der Waals surface area contributed by atoms with Gasteiger partial charge in [0.05, 0.1) is 12.2 Å². The Bertz CT molecular complexity index is 393. The molecule has 1 aromatic rings. The van der Waals surface area contributed by atoms with Crippen LogP contribution in [0.3, 0.4) is 0 Å². The smallest absolute Gasteiger partial charge is 0.214 e. The molecule has 1 aromatic heterocycles. The molecule has 102 valence electrons. The van der Waals surface area contributed by atoms with Crippen LogP contribution < -0.4 is 10.6 Å². The van der Waals surface area contributed by atoms with Crippen molar-refractivity contribution in [1.29, 1.82) is 0 Å². The van der Waals surface area contributed by atoms with Gasteiger partial charge in [0.15, 0.2) is 5.96 Å². The number of halogens is 1. The van der Waals surface area contributed by atoms with Crippen LogP contribution in [-0.2, 0) is 6.54 Å². The second kappa shape index (κ2) is 6.96. The SMILES string of the molecule is CN=C(NCc1nc(C)c(C)o1)NCC1CC1.I. The van der Waals surface area contributed by atoms with Gasteiger partial charge in [-0.05, 0) is 32.6 Å². The number of aromatic nitrogens is 1. The van der Waals surface area contributed by atoms with Crippen LogP contribution in [0.15, 0.2) is 9.41 Å². The first kappa shape index (κ1) is 15.3. The Morgan fingerprint density at radius 3 is 2.61 bits per heavy atom. The van der Waals surface area contributed by atoms with Gasteiger partial charge in [0.1, 0.15) is 5.76 Å². The number of oxazole rings is 1. The van der Waals surface area contributed by atoms with Crippen molar-refractivity contribution in [3.05, 3.63) is 17.3 Å². The van der Waals surface area contributed by atoms with Crippen LogP contribution in [0.1, 0.15) is 30.2 Å². The fraction of sp³-hybridized carbons (Fsp3) is 0.667. The number of aliphatic imine (C=N–C) groups is 1. The van der Waals surface area contributed by atoms with Crippen molar-refractivity contribution in [1.82, 2.24) is 15.6 Å². The van der Waals surface area contributed by atoms with E-state index < -0.39 is 0 Å². The summed E-state index contributed by atoms with van der Waals surface area (Å²) in [6, 6.07) is 0. The van der Waals surface area contributed by atoms with Gasteiger partial charge in [-0.1, -0.05) is 0 Å². The Morgan fingerprint density at radius 2 is 2.11 bits per heavy atom. The average Bonchev–Trinajstić information content (AvgIpc) is 3.07. The summed E-state index contributed by atoms with van der Waals surface area (Å²) >= 11 is 0. The van der Waals surface area contributed by atoms with E-state index in [9.17, 15) is 0 Å². The molecule has 0 bridgehead atoms. The van der Waals surface area contributed by atoms with E-state index >= 15 is 0 Å². The molecule has 0 amide bonds. The molecule has 2 rings (SSSR count). The van der Waals surface area contributed by atoms with Crippen LogP contribution in [0.2, 0.25) is 0 Å². The fourth-order valence-electron chi connectivity index (χ4n) is 1.56.